The van der Waals surface area contributed by atoms with Gasteiger partial charge in [0.25, 0.3) is 5.91 Å². The van der Waals surface area contributed by atoms with Crippen LogP contribution in [0.5, 0.6) is 0 Å². The second-order valence-corrected chi connectivity index (χ2v) is 9.75. The van der Waals surface area contributed by atoms with Gasteiger partial charge in [0, 0.05) is 0 Å². The minimum absolute atomic E-state index is 0.00150. The van der Waals surface area contributed by atoms with Crippen LogP contribution in [-0.2, 0) is 16.1 Å². The molecule has 4 bridgehead atoms. The lowest BCUT2D eigenvalue weighted by atomic mass is 9.52. The minimum Gasteiger partial charge on any atom is -0.443 e. The average Bonchev–Trinajstić information content (AvgIpc) is 2.64. The number of hydrogen-bond donors (Lipinski definition) is 1. The maximum Gasteiger partial charge on any atom is 0.430 e. The molecular weight excluding hydrogens is 356 g/mol. The van der Waals surface area contributed by atoms with Crippen LogP contribution in [0.2, 0.25) is 0 Å². The van der Waals surface area contributed by atoms with Gasteiger partial charge in [-0.05, 0) is 69.3 Å². The molecule has 2 atom stereocenters. The van der Waals surface area contributed by atoms with Gasteiger partial charge < -0.3 is 9.84 Å². The molecule has 0 spiro atoms. The van der Waals surface area contributed by atoms with Crippen molar-refractivity contribution in [2.24, 2.45) is 17.8 Å². The number of nitrogens with zero attached hydrogens (tertiary/aromatic N) is 2. The highest BCUT2D eigenvalue weighted by molar-refractivity contribution is 5.96. The van der Waals surface area contributed by atoms with Crippen molar-refractivity contribution in [2.45, 2.75) is 69.7 Å². The smallest absolute Gasteiger partial charge is 0.430 e. The number of hydrogen-bond acceptors (Lipinski definition) is 4. The summed E-state index contributed by atoms with van der Waals surface area (Å²) in [7, 11) is 0. The van der Waals surface area contributed by atoms with Gasteiger partial charge in [-0.25, -0.2) is 14.8 Å². The predicted molar refractivity (Wildman–Crippen MR) is 102 cm³/mol. The Labute approximate surface area is 165 Å². The molecule has 6 nitrogen and oxygen atoms in total. The molecule has 150 valence electrons. The van der Waals surface area contributed by atoms with Gasteiger partial charge in [-0.2, -0.15) is 0 Å². The van der Waals surface area contributed by atoms with Gasteiger partial charge >= 0.3 is 6.09 Å². The van der Waals surface area contributed by atoms with Crippen LogP contribution in [0.4, 0.5) is 4.79 Å². The number of amides is 2. The Kier molecular flexibility index (Phi) is 3.83. The SMILES string of the molecule is CC1(C)C(=O)N(C2[C@H]3CC4C[C@H]2CC(O)(C4)C3)N1C(=O)OCc1ccccc1. The molecule has 0 unspecified atom stereocenters. The zero-order valence-electron chi connectivity index (χ0n) is 16.5. The van der Waals surface area contributed by atoms with Gasteiger partial charge in [-0.15, -0.1) is 0 Å². The summed E-state index contributed by atoms with van der Waals surface area (Å²) >= 11 is 0. The normalized spacial score (nSPS) is 37.8. The van der Waals surface area contributed by atoms with E-state index in [0.717, 1.165) is 37.7 Å². The molecule has 0 radical (unpaired) electrons. The fourth-order valence-corrected chi connectivity index (χ4v) is 6.41. The highest BCUT2D eigenvalue weighted by atomic mass is 16.6. The first-order valence-corrected chi connectivity index (χ1v) is 10.4. The molecule has 1 aromatic rings. The van der Waals surface area contributed by atoms with E-state index in [-0.39, 0.29) is 30.4 Å². The molecule has 28 heavy (non-hydrogen) atoms. The quantitative estimate of drug-likeness (QED) is 0.869. The van der Waals surface area contributed by atoms with E-state index in [1.54, 1.807) is 18.9 Å². The maximum absolute atomic E-state index is 13.0. The molecule has 4 saturated carbocycles. The van der Waals surface area contributed by atoms with E-state index in [9.17, 15) is 14.7 Å². The second-order valence-electron chi connectivity index (χ2n) is 9.75. The zero-order valence-corrected chi connectivity index (χ0v) is 16.5. The molecule has 1 aromatic carbocycles. The Balaban J connectivity index is 1.35. The molecule has 5 aliphatic rings. The topological polar surface area (TPSA) is 70.1 Å². The molecule has 1 heterocycles. The van der Waals surface area contributed by atoms with Gasteiger partial charge in [0.05, 0.1) is 11.6 Å². The van der Waals surface area contributed by atoms with Crippen LogP contribution in [0.15, 0.2) is 30.3 Å². The van der Waals surface area contributed by atoms with Crippen LogP contribution in [0.1, 0.15) is 51.5 Å². The van der Waals surface area contributed by atoms with Gasteiger partial charge in [0.15, 0.2) is 0 Å². The Morgan fingerprint density at radius 2 is 1.79 bits per heavy atom. The van der Waals surface area contributed by atoms with Crippen molar-refractivity contribution in [3.05, 3.63) is 35.9 Å². The molecule has 2 amide bonds. The summed E-state index contributed by atoms with van der Waals surface area (Å²) < 4.78 is 5.55. The molecule has 4 aliphatic carbocycles. The lowest BCUT2D eigenvalue weighted by molar-refractivity contribution is -0.247. The van der Waals surface area contributed by atoms with Crippen molar-refractivity contribution in [1.29, 1.82) is 0 Å². The van der Waals surface area contributed by atoms with Gasteiger partial charge in [0.2, 0.25) is 0 Å². The fourth-order valence-electron chi connectivity index (χ4n) is 6.41. The van der Waals surface area contributed by atoms with Crippen molar-refractivity contribution in [1.82, 2.24) is 10.0 Å². The van der Waals surface area contributed by atoms with Crippen molar-refractivity contribution < 1.29 is 19.4 Å². The van der Waals surface area contributed by atoms with Crippen LogP contribution in [-0.4, -0.2) is 44.3 Å². The molecule has 6 rings (SSSR count). The van der Waals surface area contributed by atoms with E-state index in [2.05, 4.69) is 0 Å². The third kappa shape index (κ3) is 2.57. The third-order valence-corrected chi connectivity index (χ3v) is 7.33. The summed E-state index contributed by atoms with van der Waals surface area (Å²) in [4.78, 5) is 25.9. The zero-order chi connectivity index (χ0) is 19.7. The number of hydrazine groups is 1. The first kappa shape index (κ1) is 18.0. The fraction of sp³-hybridized carbons (Fsp3) is 0.636. The molecule has 1 N–H and O–H groups in total. The van der Waals surface area contributed by atoms with E-state index in [0.29, 0.717) is 5.92 Å². The third-order valence-electron chi connectivity index (χ3n) is 7.33. The van der Waals surface area contributed by atoms with Crippen molar-refractivity contribution >= 4 is 12.0 Å². The van der Waals surface area contributed by atoms with Crippen molar-refractivity contribution in [2.75, 3.05) is 0 Å². The number of rotatable bonds is 3. The molecule has 6 heteroatoms. The van der Waals surface area contributed by atoms with Crippen LogP contribution in [0, 0.1) is 17.8 Å². The lowest BCUT2D eigenvalue weighted by Gasteiger charge is -2.65. The molecular formula is C22H28N2O4. The number of aliphatic hydroxyl groups is 1. The number of carbonyl (C=O) groups excluding carboxylic acids is 2. The number of ether oxygens (including phenoxy) is 1. The van der Waals surface area contributed by atoms with Crippen LogP contribution in [0.3, 0.4) is 0 Å². The van der Waals surface area contributed by atoms with Crippen molar-refractivity contribution in [3.8, 4) is 0 Å². The highest BCUT2D eigenvalue weighted by Crippen LogP contribution is 2.58. The number of carbonyl (C=O) groups is 2. The Morgan fingerprint density at radius 3 is 2.39 bits per heavy atom. The van der Waals surface area contributed by atoms with E-state index in [1.807, 2.05) is 30.3 Å². The second kappa shape index (κ2) is 5.96. The van der Waals surface area contributed by atoms with E-state index in [1.165, 1.54) is 5.01 Å². The molecule has 1 saturated heterocycles. The first-order chi connectivity index (χ1) is 13.3. The maximum atomic E-state index is 13.0. The summed E-state index contributed by atoms with van der Waals surface area (Å²) in [6, 6.07) is 9.57. The highest BCUT2D eigenvalue weighted by Gasteiger charge is 2.65. The lowest BCUT2D eigenvalue weighted by Crippen LogP contribution is -2.81. The summed E-state index contributed by atoms with van der Waals surface area (Å²) in [5.74, 6) is 1.07. The number of benzene rings is 1. The predicted octanol–water partition coefficient (Wildman–Crippen LogP) is 3.10. The van der Waals surface area contributed by atoms with Crippen LogP contribution < -0.4 is 0 Å². The Morgan fingerprint density at radius 1 is 1.14 bits per heavy atom. The summed E-state index contributed by atoms with van der Waals surface area (Å²) in [6.45, 7) is 3.74. The Bertz CT molecular complexity index is 792. The standard InChI is InChI=1S/C22H28N2O4/c1-21(2)19(25)23(24(21)20(26)28-13-14-6-4-3-5-7-14)18-16-8-15-9-17(18)12-22(27,10-15)11-16/h3-7,15-18,27H,8-13H2,1-2H3/t15?,16-,17-,18?,22?/m0/s1. The van der Waals surface area contributed by atoms with Crippen LogP contribution >= 0.6 is 0 Å². The van der Waals surface area contributed by atoms with E-state index < -0.39 is 17.2 Å². The van der Waals surface area contributed by atoms with Gasteiger partial charge in [-0.1, -0.05) is 30.3 Å². The van der Waals surface area contributed by atoms with Crippen molar-refractivity contribution in [3.63, 3.8) is 0 Å². The molecule has 5 fully saturated rings. The summed E-state index contributed by atoms with van der Waals surface area (Å²) in [5.41, 5.74) is -0.530. The van der Waals surface area contributed by atoms with Gasteiger partial charge in [-0.3, -0.25) is 4.79 Å². The minimum atomic E-state index is -0.890. The largest absolute Gasteiger partial charge is 0.443 e. The van der Waals surface area contributed by atoms with E-state index in [4.69, 9.17) is 4.74 Å². The molecule has 0 aromatic heterocycles. The van der Waals surface area contributed by atoms with Gasteiger partial charge in [0.1, 0.15) is 12.1 Å². The summed E-state index contributed by atoms with van der Waals surface area (Å²) in [5, 5.41) is 14.0. The first-order valence-electron chi connectivity index (χ1n) is 10.4. The Hall–Kier alpha value is -2.08. The van der Waals surface area contributed by atoms with Crippen LogP contribution in [0.25, 0.3) is 0 Å². The summed E-state index contributed by atoms with van der Waals surface area (Å²) in [6.07, 6.45) is 3.99. The monoisotopic (exact) mass is 384 g/mol. The van der Waals surface area contributed by atoms with E-state index >= 15 is 0 Å². The average molecular weight is 384 g/mol. The molecule has 1 aliphatic heterocycles.